The second-order valence-electron chi connectivity index (χ2n) is 4.47. The molecule has 0 heterocycles. The van der Waals surface area contributed by atoms with Crippen LogP contribution in [0.3, 0.4) is 0 Å². The fourth-order valence-electron chi connectivity index (χ4n) is 1.61. The van der Waals surface area contributed by atoms with Gasteiger partial charge in [0.1, 0.15) is 5.75 Å². The highest BCUT2D eigenvalue weighted by Gasteiger charge is 2.19. The quantitative estimate of drug-likeness (QED) is 0.865. The van der Waals surface area contributed by atoms with E-state index in [9.17, 15) is 9.59 Å². The van der Waals surface area contributed by atoms with Crippen molar-refractivity contribution in [1.82, 2.24) is 4.90 Å². The van der Waals surface area contributed by atoms with Gasteiger partial charge in [-0.05, 0) is 19.1 Å². The molecule has 1 aromatic carbocycles. The van der Waals surface area contributed by atoms with Gasteiger partial charge in [0.15, 0.2) is 0 Å². The van der Waals surface area contributed by atoms with E-state index >= 15 is 0 Å². The van der Waals surface area contributed by atoms with Crippen molar-refractivity contribution in [2.75, 3.05) is 19.5 Å². The normalized spacial score (nSPS) is 11.1. The number of methoxy groups -OCH3 is 1. The average Bonchev–Trinajstić information content (AvgIpc) is 2.46. The van der Waals surface area contributed by atoms with Crippen molar-refractivity contribution >= 4 is 17.7 Å². The number of nitrogens with one attached hydrogen (secondary N) is 1. The van der Waals surface area contributed by atoms with Crippen molar-refractivity contribution in [3.8, 4) is 11.8 Å². The Balaban J connectivity index is 2.98. The summed E-state index contributed by atoms with van der Waals surface area (Å²) >= 11 is 0. The number of nitrogens with zero attached hydrogens (tertiary/aromatic N) is 2. The first kappa shape index (κ1) is 16.3. The summed E-state index contributed by atoms with van der Waals surface area (Å²) in [6.07, 6.45) is 0.188. The number of carbonyl (C=O) groups is 2. The number of amides is 2. The minimum absolute atomic E-state index is 0.0366. The lowest BCUT2D eigenvalue weighted by molar-refractivity contribution is 0.0698. The molecule has 7 nitrogen and oxygen atoms in total. The Hall–Kier alpha value is -2.75. The Kier molecular flexibility index (Phi) is 5.55. The van der Waals surface area contributed by atoms with Gasteiger partial charge in [0.25, 0.3) is 0 Å². The summed E-state index contributed by atoms with van der Waals surface area (Å²) in [4.78, 5) is 24.6. The summed E-state index contributed by atoms with van der Waals surface area (Å²) in [7, 11) is 2.99. The lowest BCUT2D eigenvalue weighted by Crippen LogP contribution is -2.38. The van der Waals surface area contributed by atoms with Gasteiger partial charge in [0, 0.05) is 19.2 Å². The first-order chi connectivity index (χ1) is 9.90. The molecule has 7 heteroatoms. The molecule has 0 aliphatic carbocycles. The number of benzene rings is 1. The Labute approximate surface area is 122 Å². The number of hydrogen-bond acceptors (Lipinski definition) is 4. The summed E-state index contributed by atoms with van der Waals surface area (Å²) in [6, 6.07) is 5.50. The number of carboxylic acids is 1. The maximum Gasteiger partial charge on any atom is 0.337 e. The van der Waals surface area contributed by atoms with E-state index < -0.39 is 12.0 Å². The van der Waals surface area contributed by atoms with Crippen LogP contribution in [0, 0.1) is 11.3 Å². The summed E-state index contributed by atoms with van der Waals surface area (Å²) in [5, 5.41) is 20.3. The number of anilines is 1. The highest BCUT2D eigenvalue weighted by Crippen LogP contribution is 2.23. The number of hydrogen-bond donors (Lipinski definition) is 2. The number of nitriles is 1. The topological polar surface area (TPSA) is 103 Å². The van der Waals surface area contributed by atoms with E-state index in [2.05, 4.69) is 5.32 Å². The van der Waals surface area contributed by atoms with Gasteiger partial charge in [0.05, 0.1) is 30.9 Å². The molecular formula is C14H17N3O4. The maximum absolute atomic E-state index is 12.1. The van der Waals surface area contributed by atoms with Crippen molar-refractivity contribution < 1.29 is 19.4 Å². The smallest absolute Gasteiger partial charge is 0.337 e. The van der Waals surface area contributed by atoms with E-state index in [4.69, 9.17) is 15.1 Å². The molecular weight excluding hydrogens is 274 g/mol. The van der Waals surface area contributed by atoms with Crippen LogP contribution in [0.1, 0.15) is 23.7 Å². The van der Waals surface area contributed by atoms with Crippen LogP contribution in [-0.4, -0.2) is 42.2 Å². The first-order valence-corrected chi connectivity index (χ1v) is 6.22. The summed E-state index contributed by atoms with van der Waals surface area (Å²) in [5.74, 6) is -0.719. The highest BCUT2D eigenvalue weighted by molar-refractivity contribution is 6.00. The lowest BCUT2D eigenvalue weighted by Gasteiger charge is -2.23. The number of carboxylic acid groups (broad SMARTS) is 1. The van der Waals surface area contributed by atoms with Crippen molar-refractivity contribution in [3.05, 3.63) is 23.8 Å². The standard InChI is InChI=1S/C14H17N3O4/c1-9(6-7-15)17(2)14(20)16-12-8-10(21-3)4-5-11(12)13(18)19/h4-5,8-9H,6H2,1-3H3,(H,16,20)(H,18,19). The summed E-state index contributed by atoms with van der Waals surface area (Å²) in [5.41, 5.74) is 0.105. The Morgan fingerprint density at radius 3 is 2.71 bits per heavy atom. The van der Waals surface area contributed by atoms with E-state index in [0.29, 0.717) is 5.75 Å². The van der Waals surface area contributed by atoms with Crippen LogP contribution < -0.4 is 10.1 Å². The monoisotopic (exact) mass is 291 g/mol. The fourth-order valence-corrected chi connectivity index (χ4v) is 1.61. The van der Waals surface area contributed by atoms with Crippen LogP contribution in [0.15, 0.2) is 18.2 Å². The zero-order valence-corrected chi connectivity index (χ0v) is 12.1. The molecule has 1 unspecified atom stereocenters. The summed E-state index contributed by atoms with van der Waals surface area (Å²) in [6.45, 7) is 1.73. The predicted octanol–water partition coefficient (Wildman–Crippen LogP) is 2.16. The van der Waals surface area contributed by atoms with Gasteiger partial charge < -0.3 is 20.1 Å². The van der Waals surface area contributed by atoms with Crippen LogP contribution in [0.2, 0.25) is 0 Å². The predicted molar refractivity (Wildman–Crippen MR) is 76.4 cm³/mol. The minimum atomic E-state index is -1.15. The zero-order chi connectivity index (χ0) is 16.0. The Morgan fingerprint density at radius 2 is 2.19 bits per heavy atom. The zero-order valence-electron chi connectivity index (χ0n) is 12.1. The van der Waals surface area contributed by atoms with Crippen molar-refractivity contribution in [1.29, 1.82) is 5.26 Å². The molecule has 0 radical (unpaired) electrons. The van der Waals surface area contributed by atoms with E-state index in [1.807, 2.05) is 6.07 Å². The molecule has 0 saturated heterocycles. The number of ether oxygens (including phenoxy) is 1. The van der Waals surface area contributed by atoms with Gasteiger partial charge in [-0.2, -0.15) is 5.26 Å². The molecule has 0 aliphatic rings. The fraction of sp³-hybridized carbons (Fsp3) is 0.357. The molecule has 0 aliphatic heterocycles. The van der Waals surface area contributed by atoms with Gasteiger partial charge in [-0.3, -0.25) is 0 Å². The van der Waals surface area contributed by atoms with E-state index in [-0.39, 0.29) is 23.7 Å². The molecule has 2 N–H and O–H groups in total. The number of urea groups is 1. The molecule has 1 rings (SSSR count). The molecule has 0 bridgehead atoms. The number of carbonyl (C=O) groups excluding carboxylic acids is 1. The first-order valence-electron chi connectivity index (χ1n) is 6.22. The van der Waals surface area contributed by atoms with Gasteiger partial charge in [-0.15, -0.1) is 0 Å². The van der Waals surface area contributed by atoms with Crippen LogP contribution >= 0.6 is 0 Å². The lowest BCUT2D eigenvalue weighted by atomic mass is 10.1. The second-order valence-corrected chi connectivity index (χ2v) is 4.47. The van der Waals surface area contributed by atoms with Crippen LogP contribution in [0.5, 0.6) is 5.75 Å². The van der Waals surface area contributed by atoms with E-state index in [0.717, 1.165) is 0 Å². The third kappa shape index (κ3) is 4.11. The second kappa shape index (κ2) is 7.14. The third-order valence-corrected chi connectivity index (χ3v) is 3.07. The average molecular weight is 291 g/mol. The summed E-state index contributed by atoms with van der Waals surface area (Å²) < 4.78 is 5.02. The Bertz CT molecular complexity index is 580. The van der Waals surface area contributed by atoms with Crippen LogP contribution in [0.4, 0.5) is 10.5 Å². The van der Waals surface area contributed by atoms with Crippen molar-refractivity contribution in [3.63, 3.8) is 0 Å². The maximum atomic E-state index is 12.1. The number of rotatable bonds is 5. The SMILES string of the molecule is COc1ccc(C(=O)O)c(NC(=O)N(C)C(C)CC#N)c1. The third-order valence-electron chi connectivity index (χ3n) is 3.07. The molecule has 0 fully saturated rings. The molecule has 112 valence electrons. The van der Waals surface area contributed by atoms with Crippen molar-refractivity contribution in [2.24, 2.45) is 0 Å². The molecule has 0 aromatic heterocycles. The molecule has 21 heavy (non-hydrogen) atoms. The highest BCUT2D eigenvalue weighted by atomic mass is 16.5. The van der Waals surface area contributed by atoms with Gasteiger partial charge in [-0.1, -0.05) is 0 Å². The van der Waals surface area contributed by atoms with Gasteiger partial charge in [0.2, 0.25) is 0 Å². The molecule has 1 atom stereocenters. The molecule has 1 aromatic rings. The van der Waals surface area contributed by atoms with Gasteiger partial charge in [-0.25, -0.2) is 9.59 Å². The van der Waals surface area contributed by atoms with Crippen molar-refractivity contribution in [2.45, 2.75) is 19.4 Å². The molecule has 2 amide bonds. The van der Waals surface area contributed by atoms with E-state index in [1.54, 1.807) is 6.92 Å². The Morgan fingerprint density at radius 1 is 1.52 bits per heavy atom. The molecule has 0 saturated carbocycles. The minimum Gasteiger partial charge on any atom is -0.497 e. The largest absolute Gasteiger partial charge is 0.497 e. The number of aromatic carboxylic acids is 1. The van der Waals surface area contributed by atoms with Gasteiger partial charge >= 0.3 is 12.0 Å². The van der Waals surface area contributed by atoms with Crippen LogP contribution in [0.25, 0.3) is 0 Å². The van der Waals surface area contributed by atoms with E-state index in [1.165, 1.54) is 37.3 Å². The molecule has 0 spiro atoms. The van der Waals surface area contributed by atoms with Crippen LogP contribution in [-0.2, 0) is 0 Å².